The van der Waals surface area contributed by atoms with Gasteiger partial charge in [0.15, 0.2) is 0 Å². The SMILES string of the molecule is CC1CCCN(c2nc3c(c(=O)[nH]2)C(C(=O)Nc2cccc(C(F)(F)F)c2)CC(=O)N3)C1. The molecule has 2 aliphatic heterocycles. The van der Waals surface area contributed by atoms with Crippen molar-refractivity contribution in [3.8, 4) is 0 Å². The van der Waals surface area contributed by atoms with E-state index >= 15 is 0 Å². The molecule has 0 saturated carbocycles. The zero-order valence-electron chi connectivity index (χ0n) is 17.3. The minimum atomic E-state index is -4.57. The summed E-state index contributed by atoms with van der Waals surface area (Å²) < 4.78 is 38.9. The summed E-state index contributed by atoms with van der Waals surface area (Å²) in [5.74, 6) is -1.70. The number of fused-ring (bicyclic) bond motifs is 1. The van der Waals surface area contributed by atoms with Crippen molar-refractivity contribution in [2.24, 2.45) is 5.92 Å². The van der Waals surface area contributed by atoms with E-state index in [1.165, 1.54) is 12.1 Å². The number of aromatic amines is 1. The highest BCUT2D eigenvalue weighted by molar-refractivity contribution is 6.04. The van der Waals surface area contributed by atoms with Crippen molar-refractivity contribution in [3.05, 3.63) is 45.7 Å². The Bertz CT molecular complexity index is 1110. The van der Waals surface area contributed by atoms with Crippen LogP contribution in [0, 0.1) is 5.92 Å². The number of aromatic nitrogens is 2. The molecule has 3 heterocycles. The molecule has 0 spiro atoms. The molecule has 170 valence electrons. The Hall–Kier alpha value is -3.37. The summed E-state index contributed by atoms with van der Waals surface area (Å²) in [7, 11) is 0. The van der Waals surface area contributed by atoms with E-state index in [0.717, 1.165) is 25.0 Å². The minimum absolute atomic E-state index is 0.00224. The number of nitrogens with zero attached hydrogens (tertiary/aromatic N) is 2. The Labute approximate surface area is 181 Å². The van der Waals surface area contributed by atoms with Crippen molar-refractivity contribution >= 4 is 29.3 Å². The van der Waals surface area contributed by atoms with E-state index in [9.17, 15) is 27.6 Å². The van der Waals surface area contributed by atoms with Crippen LogP contribution in [0.1, 0.15) is 43.2 Å². The van der Waals surface area contributed by atoms with Gasteiger partial charge in [-0.1, -0.05) is 13.0 Å². The molecule has 1 saturated heterocycles. The molecular formula is C21H22F3N5O3. The normalized spacial score (nSPS) is 21.0. The van der Waals surface area contributed by atoms with E-state index in [4.69, 9.17) is 0 Å². The number of piperidine rings is 1. The largest absolute Gasteiger partial charge is 0.416 e. The Morgan fingerprint density at radius 2 is 2.06 bits per heavy atom. The molecule has 2 atom stereocenters. The number of alkyl halides is 3. The predicted octanol–water partition coefficient (Wildman–Crippen LogP) is 3.09. The maximum absolute atomic E-state index is 13.0. The lowest BCUT2D eigenvalue weighted by atomic mass is 9.92. The molecule has 2 amide bonds. The lowest BCUT2D eigenvalue weighted by molar-refractivity contribution is -0.137. The fraction of sp³-hybridized carbons (Fsp3) is 0.429. The molecule has 4 rings (SSSR count). The fourth-order valence-electron chi connectivity index (χ4n) is 4.12. The van der Waals surface area contributed by atoms with Crippen molar-refractivity contribution in [2.45, 2.75) is 38.3 Å². The van der Waals surface area contributed by atoms with Gasteiger partial charge in [-0.3, -0.25) is 19.4 Å². The topological polar surface area (TPSA) is 107 Å². The van der Waals surface area contributed by atoms with Crippen molar-refractivity contribution in [1.29, 1.82) is 0 Å². The van der Waals surface area contributed by atoms with E-state index in [2.05, 4.69) is 27.5 Å². The molecule has 32 heavy (non-hydrogen) atoms. The number of halogens is 3. The maximum atomic E-state index is 13.0. The molecule has 8 nitrogen and oxygen atoms in total. The molecule has 2 aliphatic rings. The summed E-state index contributed by atoms with van der Waals surface area (Å²) in [5.41, 5.74) is -1.58. The number of amides is 2. The lowest BCUT2D eigenvalue weighted by Gasteiger charge is -2.32. The van der Waals surface area contributed by atoms with Crippen LogP contribution in [-0.4, -0.2) is 34.9 Å². The molecule has 11 heteroatoms. The highest BCUT2D eigenvalue weighted by atomic mass is 19.4. The van der Waals surface area contributed by atoms with E-state index in [1.807, 2.05) is 4.90 Å². The first kappa shape index (κ1) is 21.8. The van der Waals surface area contributed by atoms with Crippen LogP contribution in [0.4, 0.5) is 30.6 Å². The summed E-state index contributed by atoms with van der Waals surface area (Å²) in [6.07, 6.45) is -2.87. The first-order valence-electron chi connectivity index (χ1n) is 10.3. The van der Waals surface area contributed by atoms with E-state index in [-0.39, 0.29) is 23.5 Å². The number of benzene rings is 1. The second kappa shape index (κ2) is 8.29. The quantitative estimate of drug-likeness (QED) is 0.668. The van der Waals surface area contributed by atoms with Gasteiger partial charge < -0.3 is 15.5 Å². The molecule has 1 aromatic carbocycles. The van der Waals surface area contributed by atoms with Crippen molar-refractivity contribution in [2.75, 3.05) is 28.6 Å². The van der Waals surface area contributed by atoms with Gasteiger partial charge in [-0.25, -0.2) is 0 Å². The lowest BCUT2D eigenvalue weighted by Crippen LogP contribution is -2.40. The van der Waals surface area contributed by atoms with Gasteiger partial charge in [0.25, 0.3) is 5.56 Å². The van der Waals surface area contributed by atoms with Crippen LogP contribution in [0.15, 0.2) is 29.1 Å². The zero-order chi connectivity index (χ0) is 23.0. The smallest absolute Gasteiger partial charge is 0.342 e. The van der Waals surface area contributed by atoms with Crippen LogP contribution in [0.2, 0.25) is 0 Å². The molecule has 0 radical (unpaired) electrons. The Kier molecular flexibility index (Phi) is 5.66. The van der Waals surface area contributed by atoms with Gasteiger partial charge >= 0.3 is 6.18 Å². The first-order valence-corrected chi connectivity index (χ1v) is 10.3. The summed E-state index contributed by atoms with van der Waals surface area (Å²) >= 11 is 0. The van der Waals surface area contributed by atoms with Crippen LogP contribution in [-0.2, 0) is 15.8 Å². The molecule has 2 aromatic rings. The Morgan fingerprint density at radius 1 is 1.28 bits per heavy atom. The third-order valence-corrected chi connectivity index (χ3v) is 5.67. The summed E-state index contributed by atoms with van der Waals surface area (Å²) in [6, 6.07) is 4.15. The molecule has 0 aliphatic carbocycles. The van der Waals surface area contributed by atoms with Gasteiger partial charge in [-0.15, -0.1) is 0 Å². The third-order valence-electron chi connectivity index (χ3n) is 5.67. The van der Waals surface area contributed by atoms with E-state index < -0.39 is 35.0 Å². The number of anilines is 3. The number of carbonyl (C=O) groups excluding carboxylic acids is 2. The third kappa shape index (κ3) is 4.46. The average molecular weight is 449 g/mol. The molecule has 0 bridgehead atoms. The van der Waals surface area contributed by atoms with Gasteiger partial charge in [-0.2, -0.15) is 18.2 Å². The average Bonchev–Trinajstić information content (AvgIpc) is 2.72. The van der Waals surface area contributed by atoms with Crippen LogP contribution in [0.25, 0.3) is 0 Å². The molecule has 2 unspecified atom stereocenters. The fourth-order valence-corrected chi connectivity index (χ4v) is 4.12. The van der Waals surface area contributed by atoms with E-state index in [0.29, 0.717) is 25.0 Å². The standard InChI is InChI=1S/C21H22F3N5O3/c1-11-4-3-7-29(10-11)20-27-17-16(19(32)28-20)14(9-15(30)26-17)18(31)25-13-6-2-5-12(8-13)21(22,23)24/h2,5-6,8,11,14H,3-4,7,9-10H2,1H3,(H,25,31)(H2,26,27,28,30,32). The van der Waals surface area contributed by atoms with Gasteiger partial charge in [-0.05, 0) is 37.0 Å². The Morgan fingerprint density at radius 3 is 2.78 bits per heavy atom. The number of H-pyrrole nitrogens is 1. The zero-order valence-corrected chi connectivity index (χ0v) is 17.3. The molecule has 1 fully saturated rings. The predicted molar refractivity (Wildman–Crippen MR) is 112 cm³/mol. The number of carbonyl (C=O) groups is 2. The monoisotopic (exact) mass is 449 g/mol. The number of hydrogen-bond acceptors (Lipinski definition) is 5. The van der Waals surface area contributed by atoms with Crippen molar-refractivity contribution < 1.29 is 22.8 Å². The van der Waals surface area contributed by atoms with E-state index in [1.54, 1.807) is 0 Å². The highest BCUT2D eigenvalue weighted by Crippen LogP contribution is 2.33. The van der Waals surface area contributed by atoms with Gasteiger partial charge in [0.05, 0.1) is 17.0 Å². The number of nitrogens with one attached hydrogen (secondary N) is 3. The summed E-state index contributed by atoms with van der Waals surface area (Å²) in [5, 5.41) is 4.93. The first-order chi connectivity index (χ1) is 15.1. The second-order valence-corrected chi connectivity index (χ2v) is 8.22. The van der Waals surface area contributed by atoms with Crippen molar-refractivity contribution in [1.82, 2.24) is 9.97 Å². The van der Waals surface area contributed by atoms with Crippen LogP contribution in [0.5, 0.6) is 0 Å². The van der Waals surface area contributed by atoms with Crippen LogP contribution < -0.4 is 21.1 Å². The van der Waals surface area contributed by atoms with Crippen LogP contribution in [0.3, 0.4) is 0 Å². The van der Waals surface area contributed by atoms with Crippen LogP contribution >= 0.6 is 0 Å². The minimum Gasteiger partial charge on any atom is -0.342 e. The van der Waals surface area contributed by atoms with Gasteiger partial charge in [0, 0.05) is 25.2 Å². The van der Waals surface area contributed by atoms with Gasteiger partial charge in [0.2, 0.25) is 17.8 Å². The summed E-state index contributed by atoms with van der Waals surface area (Å²) in [6.45, 7) is 3.51. The number of hydrogen-bond donors (Lipinski definition) is 3. The Balaban J connectivity index is 1.62. The summed E-state index contributed by atoms with van der Waals surface area (Å²) in [4.78, 5) is 46.9. The highest BCUT2D eigenvalue weighted by Gasteiger charge is 2.36. The molecule has 3 N–H and O–H groups in total. The number of rotatable bonds is 3. The maximum Gasteiger partial charge on any atom is 0.416 e. The molecule has 1 aromatic heterocycles. The van der Waals surface area contributed by atoms with Gasteiger partial charge in [0.1, 0.15) is 5.82 Å². The molecular weight excluding hydrogens is 427 g/mol. The second-order valence-electron chi connectivity index (χ2n) is 8.22. The van der Waals surface area contributed by atoms with Crippen molar-refractivity contribution in [3.63, 3.8) is 0 Å².